The van der Waals surface area contributed by atoms with Crippen molar-refractivity contribution >= 4 is 35.2 Å². The van der Waals surface area contributed by atoms with Crippen molar-refractivity contribution in [1.29, 1.82) is 0 Å². The fraction of sp³-hybridized carbons (Fsp3) is 0.365. The largest absolute Gasteiger partial charge is 0.417 e. The van der Waals surface area contributed by atoms with Crippen molar-refractivity contribution in [1.82, 2.24) is 40.6 Å². The molecule has 2 aliphatic rings. The number of alkyl halides is 6. The lowest BCUT2D eigenvalue weighted by atomic mass is 9.96. The predicted molar refractivity (Wildman–Crippen MR) is 265 cm³/mol. The van der Waals surface area contributed by atoms with Crippen molar-refractivity contribution in [2.45, 2.75) is 103 Å². The number of piperidine rings is 2. The molecule has 4 aromatic carbocycles. The van der Waals surface area contributed by atoms with Gasteiger partial charge in [0, 0.05) is 81.5 Å². The van der Waals surface area contributed by atoms with E-state index in [0.717, 1.165) is 89.8 Å². The normalized spacial score (nSPS) is 15.8. The summed E-state index contributed by atoms with van der Waals surface area (Å²) in [7, 11) is 0. The first-order valence-corrected chi connectivity index (χ1v) is 25.1. The van der Waals surface area contributed by atoms with Crippen LogP contribution in [0.15, 0.2) is 129 Å². The molecule has 7 aromatic rings. The Labute approximate surface area is 417 Å². The Kier molecular flexibility index (Phi) is 16.3. The summed E-state index contributed by atoms with van der Waals surface area (Å²) < 4.78 is 84.7. The van der Waals surface area contributed by atoms with Crippen LogP contribution in [0.3, 0.4) is 0 Å². The van der Waals surface area contributed by atoms with Crippen LogP contribution in [-0.4, -0.2) is 78.5 Å². The number of benzene rings is 4. The zero-order valence-corrected chi connectivity index (χ0v) is 41.3. The molecule has 3 aromatic heterocycles. The molecule has 372 valence electrons. The molecule has 11 nitrogen and oxygen atoms in total. The lowest BCUT2D eigenvalue weighted by Gasteiger charge is -2.32. The van der Waals surface area contributed by atoms with Crippen LogP contribution >= 0.6 is 23.5 Å². The van der Waals surface area contributed by atoms with Crippen molar-refractivity contribution in [2.24, 2.45) is 5.92 Å². The van der Waals surface area contributed by atoms with Crippen molar-refractivity contribution in [3.63, 3.8) is 0 Å². The molecule has 0 spiro atoms. The summed E-state index contributed by atoms with van der Waals surface area (Å²) in [5, 5.41) is 23.8. The van der Waals surface area contributed by atoms with Gasteiger partial charge in [-0.3, -0.25) is 0 Å². The number of hydrogen-bond donors (Lipinski definition) is 2. The maximum absolute atomic E-state index is 14.2. The molecule has 2 saturated heterocycles. The van der Waals surface area contributed by atoms with E-state index in [4.69, 9.17) is 0 Å². The summed E-state index contributed by atoms with van der Waals surface area (Å²) in [6, 6.07) is 27.5. The summed E-state index contributed by atoms with van der Waals surface area (Å²) in [4.78, 5) is 23.4. The van der Waals surface area contributed by atoms with Crippen molar-refractivity contribution in [2.75, 3.05) is 42.6 Å². The smallest absolute Gasteiger partial charge is 0.396 e. The van der Waals surface area contributed by atoms with Gasteiger partial charge in [-0.1, -0.05) is 105 Å². The molecule has 5 heterocycles. The summed E-state index contributed by atoms with van der Waals surface area (Å²) >= 11 is 2.29. The van der Waals surface area contributed by atoms with Gasteiger partial charge in [-0.15, -0.1) is 10.2 Å². The number of halogens is 6. The second-order valence-electron chi connectivity index (χ2n) is 18.2. The molecule has 2 fully saturated rings. The van der Waals surface area contributed by atoms with E-state index in [2.05, 4.69) is 50.4 Å². The summed E-state index contributed by atoms with van der Waals surface area (Å²) in [6.45, 7) is 11.2. The highest BCUT2D eigenvalue weighted by Gasteiger charge is 2.36. The Morgan fingerprint density at radius 3 is 1.59 bits per heavy atom. The Bertz CT molecular complexity index is 2870. The number of nitrogens with one attached hydrogen (secondary N) is 1. The van der Waals surface area contributed by atoms with E-state index in [1.54, 1.807) is 24.3 Å². The second-order valence-corrected chi connectivity index (χ2v) is 20.4. The average Bonchev–Trinajstić information content (AvgIpc) is 3.92. The molecule has 0 aliphatic carbocycles. The lowest BCUT2D eigenvalue weighted by Crippen LogP contribution is -2.37. The Morgan fingerprint density at radius 2 is 1.13 bits per heavy atom. The number of aromatic amines is 1. The van der Waals surface area contributed by atoms with Gasteiger partial charge in [-0.2, -0.15) is 31.6 Å². The van der Waals surface area contributed by atoms with Crippen molar-refractivity contribution < 1.29 is 31.4 Å². The van der Waals surface area contributed by atoms with Gasteiger partial charge in [-0.05, 0) is 91.0 Å². The van der Waals surface area contributed by atoms with Crippen molar-refractivity contribution in [3.05, 3.63) is 138 Å². The van der Waals surface area contributed by atoms with E-state index in [0.29, 0.717) is 46.5 Å². The van der Waals surface area contributed by atoms with Gasteiger partial charge < -0.3 is 14.9 Å². The number of aromatic nitrogens is 8. The first-order chi connectivity index (χ1) is 34.0. The minimum Gasteiger partial charge on any atom is -0.396 e. The van der Waals surface area contributed by atoms with Crippen LogP contribution in [0.1, 0.15) is 99.2 Å². The van der Waals surface area contributed by atoms with Crippen LogP contribution in [0.25, 0.3) is 22.5 Å². The number of tetrazole rings is 1. The van der Waals surface area contributed by atoms with E-state index < -0.39 is 23.5 Å². The maximum atomic E-state index is 14.2. The highest BCUT2D eigenvalue weighted by atomic mass is 32.2. The minimum atomic E-state index is -4.50. The molecule has 0 bridgehead atoms. The van der Waals surface area contributed by atoms with Crippen LogP contribution in [0.5, 0.6) is 0 Å². The quantitative estimate of drug-likeness (QED) is 0.113. The van der Waals surface area contributed by atoms with Gasteiger partial charge >= 0.3 is 12.4 Å². The van der Waals surface area contributed by atoms with E-state index >= 15 is 0 Å². The zero-order valence-electron chi connectivity index (χ0n) is 39.6. The maximum Gasteiger partial charge on any atom is 0.417 e. The third-order valence-electron chi connectivity index (χ3n) is 12.6. The average molecular weight is 1010 g/mol. The van der Waals surface area contributed by atoms with Crippen LogP contribution in [0, 0.1) is 5.92 Å². The van der Waals surface area contributed by atoms with Gasteiger partial charge in [0.25, 0.3) is 0 Å². The number of nitrogens with zero attached hydrogens (tertiary/aromatic N) is 9. The Morgan fingerprint density at radius 1 is 0.620 bits per heavy atom. The Hall–Kier alpha value is -6.05. The molecule has 19 heteroatoms. The number of hydrogen-bond acceptors (Lipinski definition) is 12. The molecule has 1 atom stereocenters. The lowest BCUT2D eigenvalue weighted by molar-refractivity contribution is -0.140. The second kappa shape index (κ2) is 22.6. The van der Waals surface area contributed by atoms with E-state index in [1.807, 2.05) is 76.2 Å². The van der Waals surface area contributed by atoms with Crippen molar-refractivity contribution in [3.8, 4) is 22.5 Å². The predicted octanol–water partition coefficient (Wildman–Crippen LogP) is 13.0. The van der Waals surface area contributed by atoms with Crippen LogP contribution in [-0.2, 0) is 12.4 Å². The zero-order chi connectivity index (χ0) is 50.3. The number of aliphatic hydroxyl groups is 1. The molecule has 9 rings (SSSR count). The minimum absolute atomic E-state index is 0.114. The number of anilines is 2. The van der Waals surface area contributed by atoms with Crippen LogP contribution in [0.4, 0.5) is 38.0 Å². The molecule has 71 heavy (non-hydrogen) atoms. The fourth-order valence-corrected chi connectivity index (χ4v) is 11.3. The van der Waals surface area contributed by atoms with Gasteiger partial charge in [-0.25, -0.2) is 19.9 Å². The molecule has 0 radical (unpaired) electrons. The van der Waals surface area contributed by atoms with E-state index in [-0.39, 0.29) is 40.1 Å². The van der Waals surface area contributed by atoms with Crippen LogP contribution < -0.4 is 9.80 Å². The highest BCUT2D eigenvalue weighted by molar-refractivity contribution is 7.99. The highest BCUT2D eigenvalue weighted by Crippen LogP contribution is 2.45. The molecule has 0 saturated carbocycles. The Balaban J connectivity index is 0.000000191. The van der Waals surface area contributed by atoms with E-state index in [1.165, 1.54) is 36.9 Å². The molecule has 0 amide bonds. The first-order valence-electron chi connectivity index (χ1n) is 23.5. The van der Waals surface area contributed by atoms with Gasteiger partial charge in [0.2, 0.25) is 0 Å². The topological polar surface area (TPSA) is 133 Å². The number of aliphatic hydroxyl groups excluding tert-OH is 1. The number of rotatable bonds is 12. The SMILES string of the molecule is CC(C)c1ccccc1Sc1ccc(-c2cc(N3CCC(c4nn[nH]n4)CC3)ncn2)cc1C(F)(F)F.CC(C)c1ccccc1Sc1ccc(-c2cc(N3CCCC(CO)C3)ncn2)cc1C(F)(F)F. The summed E-state index contributed by atoms with van der Waals surface area (Å²) in [6.07, 6.45) is -2.64. The third-order valence-corrected chi connectivity index (χ3v) is 15.0. The standard InChI is InChI=1S/C26H26F3N7S.C26H28F3N3OS/c1-16(2)19-5-3-4-6-22(19)37-23-8-7-18(13-20(23)26(27,28)29)21-14-24(31-15-30-21)36-11-9-17(10-12-36)25-32-34-35-33-25;1-17(2)20-7-3-4-8-23(20)34-24-10-9-19(12-21(24)26(27,28)29)22-13-25(31-16-30-22)32-11-5-6-18(14-32)15-33/h3-8,13-17H,9-12H2,1-2H3,(H,32,33,34,35);3-4,7-10,12-13,16-18,33H,5-6,11,14-15H2,1-2H3. The first kappa shape index (κ1) is 51.3. The molecule has 2 aliphatic heterocycles. The van der Waals surface area contributed by atoms with Gasteiger partial charge in [0.1, 0.15) is 24.3 Å². The van der Waals surface area contributed by atoms with Gasteiger partial charge in [0.15, 0.2) is 5.82 Å². The molecule has 1 unspecified atom stereocenters. The monoisotopic (exact) mass is 1010 g/mol. The summed E-state index contributed by atoms with van der Waals surface area (Å²) in [5.41, 5.74) is 2.39. The summed E-state index contributed by atoms with van der Waals surface area (Å²) in [5.74, 6) is 2.86. The number of H-pyrrole nitrogens is 1. The van der Waals surface area contributed by atoms with Crippen LogP contribution in [0.2, 0.25) is 0 Å². The molecule has 2 N–H and O–H groups in total. The molecular formula is C52H54F6N10OS2. The molecular weight excluding hydrogens is 959 g/mol. The fourth-order valence-electron chi connectivity index (χ4n) is 8.82. The van der Waals surface area contributed by atoms with Gasteiger partial charge in [0.05, 0.1) is 22.5 Å². The third kappa shape index (κ3) is 12.7. The van der Waals surface area contributed by atoms with E-state index in [9.17, 15) is 31.4 Å².